The van der Waals surface area contributed by atoms with Crippen LogP contribution in [0.3, 0.4) is 0 Å². The van der Waals surface area contributed by atoms with Crippen LogP contribution >= 0.6 is 11.8 Å². The lowest BCUT2D eigenvalue weighted by molar-refractivity contribution is -0.107. The molecule has 0 saturated carbocycles. The normalized spacial score (nSPS) is 21.8. The Balaban J connectivity index is 2.11. The standard InChI is InChI=1S/C7H12N2O2S/c10-4-3-8-7(11)9-6-2-1-5-12-6/h4,6H,1-3,5H2,(H2,8,9,11). The van der Waals surface area contributed by atoms with Crippen LogP contribution in [0.15, 0.2) is 0 Å². The smallest absolute Gasteiger partial charge is 0.316 e. The molecule has 4 nitrogen and oxygen atoms in total. The second kappa shape index (κ2) is 5.03. The molecule has 0 bridgehead atoms. The molecule has 5 heteroatoms. The van der Waals surface area contributed by atoms with Crippen molar-refractivity contribution in [1.82, 2.24) is 10.6 Å². The van der Waals surface area contributed by atoms with Crippen molar-refractivity contribution >= 4 is 24.1 Å². The molecule has 68 valence electrons. The summed E-state index contributed by atoms with van der Waals surface area (Å²) in [5.74, 6) is 1.11. The molecule has 12 heavy (non-hydrogen) atoms. The van der Waals surface area contributed by atoms with Crippen LogP contribution in [0.5, 0.6) is 0 Å². The van der Waals surface area contributed by atoms with Gasteiger partial charge in [0.25, 0.3) is 0 Å². The van der Waals surface area contributed by atoms with Gasteiger partial charge in [-0.25, -0.2) is 4.79 Å². The van der Waals surface area contributed by atoms with Crippen molar-refractivity contribution in [3.05, 3.63) is 0 Å². The lowest BCUT2D eigenvalue weighted by atomic mass is 10.3. The van der Waals surface area contributed by atoms with E-state index in [1.165, 1.54) is 0 Å². The minimum absolute atomic E-state index is 0.0865. The van der Waals surface area contributed by atoms with E-state index in [9.17, 15) is 9.59 Å². The maximum Gasteiger partial charge on any atom is 0.316 e. The first-order chi connectivity index (χ1) is 5.83. The zero-order valence-electron chi connectivity index (χ0n) is 6.71. The number of carbonyl (C=O) groups excluding carboxylic acids is 2. The van der Waals surface area contributed by atoms with Crippen LogP contribution in [-0.4, -0.2) is 30.0 Å². The molecule has 1 rings (SSSR count). The van der Waals surface area contributed by atoms with E-state index in [1.807, 2.05) is 0 Å². The number of hydrogen-bond acceptors (Lipinski definition) is 3. The third kappa shape index (κ3) is 3.13. The first-order valence-electron chi connectivity index (χ1n) is 3.92. The fourth-order valence-corrected chi connectivity index (χ4v) is 2.16. The van der Waals surface area contributed by atoms with E-state index in [1.54, 1.807) is 11.8 Å². The van der Waals surface area contributed by atoms with Gasteiger partial charge in [0.2, 0.25) is 0 Å². The predicted molar refractivity (Wildman–Crippen MR) is 48.1 cm³/mol. The number of thioether (sulfide) groups is 1. The zero-order chi connectivity index (χ0) is 8.81. The average molecular weight is 188 g/mol. The van der Waals surface area contributed by atoms with Gasteiger partial charge in [0.1, 0.15) is 6.29 Å². The number of amides is 2. The van der Waals surface area contributed by atoms with Gasteiger partial charge in [-0.2, -0.15) is 0 Å². The number of nitrogens with one attached hydrogen (secondary N) is 2. The van der Waals surface area contributed by atoms with Gasteiger partial charge in [0, 0.05) is 0 Å². The summed E-state index contributed by atoms with van der Waals surface area (Å²) in [6.45, 7) is 0.0865. The molecule has 0 aromatic heterocycles. The quantitative estimate of drug-likeness (QED) is 0.628. The van der Waals surface area contributed by atoms with Crippen molar-refractivity contribution in [2.75, 3.05) is 12.3 Å². The van der Waals surface area contributed by atoms with Gasteiger partial charge in [0.15, 0.2) is 0 Å². The minimum Gasteiger partial charge on any atom is -0.331 e. The molecule has 0 radical (unpaired) electrons. The summed E-state index contributed by atoms with van der Waals surface area (Å²) in [6, 6.07) is -0.249. The lowest BCUT2D eigenvalue weighted by Gasteiger charge is -2.10. The Kier molecular flexibility index (Phi) is 3.93. The van der Waals surface area contributed by atoms with Crippen LogP contribution in [0.25, 0.3) is 0 Å². The molecule has 1 unspecified atom stereocenters. The largest absolute Gasteiger partial charge is 0.331 e. The van der Waals surface area contributed by atoms with Gasteiger partial charge in [-0.15, -0.1) is 11.8 Å². The summed E-state index contributed by atoms with van der Waals surface area (Å²) < 4.78 is 0. The van der Waals surface area contributed by atoms with Gasteiger partial charge in [-0.1, -0.05) is 0 Å². The van der Waals surface area contributed by atoms with Gasteiger partial charge in [-0.05, 0) is 18.6 Å². The van der Waals surface area contributed by atoms with E-state index in [0.717, 1.165) is 18.6 Å². The zero-order valence-corrected chi connectivity index (χ0v) is 7.52. The van der Waals surface area contributed by atoms with Gasteiger partial charge < -0.3 is 15.4 Å². The fourth-order valence-electron chi connectivity index (χ4n) is 1.02. The molecule has 2 N–H and O–H groups in total. The summed E-state index contributed by atoms with van der Waals surface area (Å²) in [7, 11) is 0. The molecular formula is C7H12N2O2S. The Morgan fingerprint density at radius 3 is 3.08 bits per heavy atom. The summed E-state index contributed by atoms with van der Waals surface area (Å²) in [6.07, 6.45) is 2.85. The number of carbonyl (C=O) groups is 2. The van der Waals surface area contributed by atoms with E-state index < -0.39 is 0 Å². The van der Waals surface area contributed by atoms with E-state index in [0.29, 0.717) is 6.29 Å². The molecule has 1 heterocycles. The molecule has 2 amide bonds. The monoisotopic (exact) mass is 188 g/mol. The number of urea groups is 1. The molecule has 0 aromatic rings. The third-order valence-corrected chi connectivity index (χ3v) is 2.85. The van der Waals surface area contributed by atoms with E-state index in [-0.39, 0.29) is 17.9 Å². The molecule has 1 aliphatic heterocycles. The Hall–Kier alpha value is -0.710. The highest BCUT2D eigenvalue weighted by molar-refractivity contribution is 8.00. The van der Waals surface area contributed by atoms with E-state index in [2.05, 4.69) is 10.6 Å². The summed E-state index contributed by atoms with van der Waals surface area (Å²) in [5, 5.41) is 5.43. The van der Waals surface area contributed by atoms with Crippen molar-refractivity contribution in [1.29, 1.82) is 0 Å². The lowest BCUT2D eigenvalue weighted by Crippen LogP contribution is -2.40. The number of rotatable bonds is 3. The Morgan fingerprint density at radius 2 is 2.50 bits per heavy atom. The topological polar surface area (TPSA) is 58.2 Å². The summed E-state index contributed by atoms with van der Waals surface area (Å²) >= 11 is 1.74. The van der Waals surface area contributed by atoms with Crippen LogP contribution in [0.4, 0.5) is 4.79 Å². The van der Waals surface area contributed by atoms with Crippen molar-refractivity contribution < 1.29 is 9.59 Å². The Bertz CT molecular complexity index is 169. The molecular weight excluding hydrogens is 176 g/mol. The first-order valence-corrected chi connectivity index (χ1v) is 4.97. The molecule has 0 aromatic carbocycles. The van der Waals surface area contributed by atoms with E-state index >= 15 is 0 Å². The highest BCUT2D eigenvalue weighted by atomic mass is 32.2. The van der Waals surface area contributed by atoms with Crippen LogP contribution in [-0.2, 0) is 4.79 Å². The maximum atomic E-state index is 11.0. The Morgan fingerprint density at radius 1 is 1.67 bits per heavy atom. The average Bonchev–Trinajstić information content (AvgIpc) is 2.53. The van der Waals surface area contributed by atoms with Crippen molar-refractivity contribution in [2.45, 2.75) is 18.2 Å². The third-order valence-electron chi connectivity index (χ3n) is 1.57. The van der Waals surface area contributed by atoms with E-state index in [4.69, 9.17) is 0 Å². The van der Waals surface area contributed by atoms with Crippen LogP contribution < -0.4 is 10.6 Å². The Labute approximate surface area is 75.5 Å². The number of aldehydes is 1. The second-order valence-electron chi connectivity index (χ2n) is 2.52. The summed E-state index contributed by atoms with van der Waals surface area (Å²) in [5.41, 5.74) is 0. The molecule has 1 aliphatic rings. The minimum atomic E-state index is -0.249. The molecule has 1 saturated heterocycles. The number of hydrogen-bond donors (Lipinski definition) is 2. The highest BCUT2D eigenvalue weighted by Gasteiger charge is 2.16. The van der Waals surface area contributed by atoms with Crippen molar-refractivity contribution in [3.63, 3.8) is 0 Å². The molecule has 0 aliphatic carbocycles. The van der Waals surface area contributed by atoms with Gasteiger partial charge in [0.05, 0.1) is 11.9 Å². The van der Waals surface area contributed by atoms with Crippen LogP contribution in [0.2, 0.25) is 0 Å². The second-order valence-corrected chi connectivity index (χ2v) is 3.83. The highest BCUT2D eigenvalue weighted by Crippen LogP contribution is 2.23. The van der Waals surface area contributed by atoms with Gasteiger partial charge in [-0.3, -0.25) is 0 Å². The predicted octanol–water partition coefficient (Wildman–Crippen LogP) is 0.338. The van der Waals surface area contributed by atoms with Crippen LogP contribution in [0.1, 0.15) is 12.8 Å². The molecule has 0 spiro atoms. The first kappa shape index (κ1) is 9.38. The van der Waals surface area contributed by atoms with Gasteiger partial charge >= 0.3 is 6.03 Å². The van der Waals surface area contributed by atoms with Crippen LogP contribution in [0, 0.1) is 0 Å². The van der Waals surface area contributed by atoms with Crippen molar-refractivity contribution in [3.8, 4) is 0 Å². The molecule has 1 fully saturated rings. The fraction of sp³-hybridized carbons (Fsp3) is 0.714. The molecule has 1 atom stereocenters. The maximum absolute atomic E-state index is 11.0. The van der Waals surface area contributed by atoms with Crippen molar-refractivity contribution in [2.24, 2.45) is 0 Å². The summed E-state index contributed by atoms with van der Waals surface area (Å²) in [4.78, 5) is 20.9. The SMILES string of the molecule is O=CCNC(=O)NC1CCCS1.